The minimum atomic E-state index is -0.192. The van der Waals surface area contributed by atoms with Crippen LogP contribution < -0.4 is 11.1 Å². The van der Waals surface area contributed by atoms with Crippen LogP contribution in [0.25, 0.3) is 0 Å². The molecule has 4 N–H and O–H groups in total. The molecule has 1 rings (SSSR count). The van der Waals surface area contributed by atoms with Crippen LogP contribution in [0.5, 0.6) is 0 Å². The number of rotatable bonds is 5. The van der Waals surface area contributed by atoms with Crippen molar-refractivity contribution in [3.63, 3.8) is 0 Å². The van der Waals surface area contributed by atoms with E-state index in [1.54, 1.807) is 0 Å². The molecule has 5 nitrogen and oxygen atoms in total. The monoisotopic (exact) mass is 224 g/mol. The summed E-state index contributed by atoms with van der Waals surface area (Å²) in [7, 11) is 0. The van der Waals surface area contributed by atoms with E-state index >= 15 is 0 Å². The summed E-state index contributed by atoms with van der Waals surface area (Å²) >= 11 is 0. The maximum absolute atomic E-state index is 11.8. The Bertz CT molecular complexity index is 355. The summed E-state index contributed by atoms with van der Waals surface area (Å²) in [5.41, 5.74) is 7.41. The average Bonchev–Trinajstić information content (AvgIpc) is 2.67. The molecule has 1 amide bonds. The van der Waals surface area contributed by atoms with Crippen LogP contribution >= 0.6 is 0 Å². The minimum Gasteiger partial charge on any atom is -0.395 e. The highest BCUT2D eigenvalue weighted by Gasteiger charge is 2.18. The molecule has 1 heterocycles. The number of nitrogen functional groups attached to an aromatic ring is 1. The Kier molecular flexibility index (Phi) is 4.34. The van der Waals surface area contributed by atoms with Crippen LogP contribution in [-0.2, 0) is 6.42 Å². The van der Waals surface area contributed by atoms with E-state index in [0.717, 1.165) is 25.0 Å². The molecular weight excluding hydrogens is 204 g/mol. The van der Waals surface area contributed by atoms with Gasteiger partial charge in [0.15, 0.2) is 5.69 Å². The zero-order valence-electron chi connectivity index (χ0n) is 10.1. The summed E-state index contributed by atoms with van der Waals surface area (Å²) in [5, 5.41) is 9.63. The van der Waals surface area contributed by atoms with Crippen LogP contribution in [0.1, 0.15) is 49.8 Å². The number of amides is 1. The number of hydrogen-bond acceptors (Lipinski definition) is 3. The Morgan fingerprint density at radius 1 is 1.44 bits per heavy atom. The molecule has 0 aliphatic rings. The number of carbonyl (C=O) groups excluding carboxylic acids is 1. The van der Waals surface area contributed by atoms with Crippen LogP contribution in [0.15, 0.2) is 0 Å². The molecule has 0 atom stereocenters. The number of nitrogens with one attached hydrogen (secondary N) is 2. The molecule has 5 heteroatoms. The molecule has 0 aromatic carbocycles. The lowest BCUT2D eigenvalue weighted by molar-refractivity contribution is 0.0930. The molecule has 16 heavy (non-hydrogen) atoms. The zero-order valence-corrected chi connectivity index (χ0v) is 10.1. The summed E-state index contributed by atoms with van der Waals surface area (Å²) in [4.78, 5) is 11.8. The predicted octanol–water partition coefficient (Wildman–Crippen LogP) is 1.47. The van der Waals surface area contributed by atoms with Gasteiger partial charge in [0.05, 0.1) is 11.4 Å². The molecule has 0 fully saturated rings. The van der Waals surface area contributed by atoms with Crippen LogP contribution in [0, 0.1) is 0 Å². The van der Waals surface area contributed by atoms with Crippen LogP contribution in [-0.4, -0.2) is 22.1 Å². The first-order valence-corrected chi connectivity index (χ1v) is 5.77. The minimum absolute atomic E-state index is 0.189. The molecule has 0 aliphatic heterocycles. The van der Waals surface area contributed by atoms with E-state index < -0.39 is 0 Å². The lowest BCUT2D eigenvalue weighted by Gasteiger charge is -2.13. The molecule has 1 aromatic rings. The van der Waals surface area contributed by atoms with Crippen molar-refractivity contribution in [1.82, 2.24) is 15.5 Å². The molecule has 0 bridgehead atoms. The molecule has 1 aromatic heterocycles. The van der Waals surface area contributed by atoms with Gasteiger partial charge in [-0.3, -0.25) is 9.89 Å². The Balaban J connectivity index is 2.76. The van der Waals surface area contributed by atoms with Crippen molar-refractivity contribution in [2.45, 2.75) is 46.1 Å². The largest absolute Gasteiger partial charge is 0.395 e. The third-order valence-electron chi connectivity index (χ3n) is 2.77. The lowest BCUT2D eigenvalue weighted by Crippen LogP contribution is -2.34. The first-order chi connectivity index (χ1) is 7.63. The van der Waals surface area contributed by atoms with Crippen LogP contribution in [0.2, 0.25) is 0 Å². The number of H-pyrrole nitrogens is 1. The molecule has 0 aliphatic carbocycles. The van der Waals surface area contributed by atoms with Gasteiger partial charge in [0.2, 0.25) is 0 Å². The molecular formula is C11H20N4O. The number of aromatic amines is 1. The number of aryl methyl sites for hydroxylation is 1. The van der Waals surface area contributed by atoms with Crippen LogP contribution in [0.3, 0.4) is 0 Å². The van der Waals surface area contributed by atoms with Gasteiger partial charge >= 0.3 is 0 Å². The first kappa shape index (κ1) is 12.5. The smallest absolute Gasteiger partial charge is 0.274 e. The second-order valence-electron chi connectivity index (χ2n) is 3.80. The SMILES string of the molecule is CCc1[nH]nc(C(=O)NC(CC)CC)c1N. The highest BCUT2D eigenvalue weighted by atomic mass is 16.2. The molecule has 0 saturated heterocycles. The summed E-state index contributed by atoms with van der Waals surface area (Å²) in [6.07, 6.45) is 2.57. The summed E-state index contributed by atoms with van der Waals surface area (Å²) in [5.74, 6) is -0.192. The third-order valence-corrected chi connectivity index (χ3v) is 2.77. The van der Waals surface area contributed by atoms with Crippen molar-refractivity contribution in [3.8, 4) is 0 Å². The van der Waals surface area contributed by atoms with Gasteiger partial charge in [-0.05, 0) is 19.3 Å². The van der Waals surface area contributed by atoms with Crippen molar-refractivity contribution in [3.05, 3.63) is 11.4 Å². The third kappa shape index (κ3) is 2.53. The second kappa shape index (κ2) is 5.53. The average molecular weight is 224 g/mol. The number of nitrogens with two attached hydrogens (primary N) is 1. The highest BCUT2D eigenvalue weighted by molar-refractivity contribution is 5.97. The van der Waals surface area contributed by atoms with E-state index in [0.29, 0.717) is 11.4 Å². The number of nitrogens with zero attached hydrogens (tertiary/aromatic N) is 1. The van der Waals surface area contributed by atoms with E-state index in [9.17, 15) is 4.79 Å². The molecule has 90 valence electrons. The fourth-order valence-corrected chi connectivity index (χ4v) is 1.58. The van der Waals surface area contributed by atoms with Crippen LogP contribution in [0.4, 0.5) is 5.69 Å². The molecule has 0 unspecified atom stereocenters. The standard InChI is InChI=1S/C11H20N4O/c1-4-7(5-2)13-11(16)10-9(12)8(6-3)14-15-10/h7H,4-6,12H2,1-3H3,(H,13,16)(H,14,15). The number of carbonyl (C=O) groups is 1. The van der Waals surface area contributed by atoms with Crippen molar-refractivity contribution < 1.29 is 4.79 Å². The van der Waals surface area contributed by atoms with Gasteiger partial charge in [0, 0.05) is 6.04 Å². The van der Waals surface area contributed by atoms with Gasteiger partial charge in [0.1, 0.15) is 0 Å². The van der Waals surface area contributed by atoms with Crippen molar-refractivity contribution in [2.75, 3.05) is 5.73 Å². The van der Waals surface area contributed by atoms with Gasteiger partial charge in [0.25, 0.3) is 5.91 Å². The summed E-state index contributed by atoms with van der Waals surface area (Å²) < 4.78 is 0. The molecule has 0 saturated carbocycles. The normalized spacial score (nSPS) is 10.8. The van der Waals surface area contributed by atoms with E-state index in [2.05, 4.69) is 15.5 Å². The number of hydrogen-bond donors (Lipinski definition) is 3. The fraction of sp³-hybridized carbons (Fsp3) is 0.636. The maximum atomic E-state index is 11.8. The van der Waals surface area contributed by atoms with Crippen molar-refractivity contribution in [1.29, 1.82) is 0 Å². The van der Waals surface area contributed by atoms with Gasteiger partial charge in [-0.15, -0.1) is 0 Å². The highest BCUT2D eigenvalue weighted by Crippen LogP contribution is 2.14. The second-order valence-corrected chi connectivity index (χ2v) is 3.80. The Morgan fingerprint density at radius 2 is 2.06 bits per heavy atom. The fourth-order valence-electron chi connectivity index (χ4n) is 1.58. The van der Waals surface area contributed by atoms with Gasteiger partial charge in [-0.2, -0.15) is 5.10 Å². The molecule has 0 spiro atoms. The Morgan fingerprint density at radius 3 is 2.50 bits per heavy atom. The quantitative estimate of drug-likeness (QED) is 0.708. The van der Waals surface area contributed by atoms with Crippen molar-refractivity contribution in [2.24, 2.45) is 0 Å². The van der Waals surface area contributed by atoms with E-state index in [4.69, 9.17) is 5.73 Å². The first-order valence-electron chi connectivity index (χ1n) is 5.77. The topological polar surface area (TPSA) is 83.8 Å². The Hall–Kier alpha value is -1.52. The van der Waals surface area contributed by atoms with E-state index in [-0.39, 0.29) is 11.9 Å². The summed E-state index contributed by atoms with van der Waals surface area (Å²) in [6, 6.07) is 0.189. The zero-order chi connectivity index (χ0) is 12.1. The van der Waals surface area contributed by atoms with E-state index in [1.165, 1.54) is 0 Å². The van der Waals surface area contributed by atoms with Crippen molar-refractivity contribution >= 4 is 11.6 Å². The number of aromatic nitrogens is 2. The Labute approximate surface area is 95.8 Å². The molecule has 0 radical (unpaired) electrons. The lowest BCUT2D eigenvalue weighted by atomic mass is 10.1. The summed E-state index contributed by atoms with van der Waals surface area (Å²) in [6.45, 7) is 6.05. The maximum Gasteiger partial charge on any atom is 0.274 e. The van der Waals surface area contributed by atoms with Gasteiger partial charge < -0.3 is 11.1 Å². The van der Waals surface area contributed by atoms with Gasteiger partial charge in [-0.1, -0.05) is 20.8 Å². The van der Waals surface area contributed by atoms with E-state index in [1.807, 2.05) is 20.8 Å². The van der Waals surface area contributed by atoms with Gasteiger partial charge in [-0.25, -0.2) is 0 Å². The number of anilines is 1. The predicted molar refractivity (Wildman–Crippen MR) is 64.2 cm³/mol.